The molecule has 4 rings (SSSR count). The predicted molar refractivity (Wildman–Crippen MR) is 81.8 cm³/mol. The Bertz CT molecular complexity index is 602. The molecule has 0 bridgehead atoms. The average molecular weight is 283 g/mol. The maximum absolute atomic E-state index is 5.52. The number of nitrogens with zero attached hydrogens (tertiary/aromatic N) is 2. The Morgan fingerprint density at radius 1 is 1.24 bits per heavy atom. The van der Waals surface area contributed by atoms with Crippen molar-refractivity contribution in [3.8, 4) is 11.3 Å². The molecule has 21 heavy (non-hydrogen) atoms. The van der Waals surface area contributed by atoms with Gasteiger partial charge in [0.05, 0.1) is 6.54 Å². The number of hydrogen-bond donors (Lipinski definition) is 1. The molecule has 0 saturated carbocycles. The van der Waals surface area contributed by atoms with Crippen molar-refractivity contribution in [3.63, 3.8) is 0 Å². The lowest BCUT2D eigenvalue weighted by atomic mass is 9.87. The van der Waals surface area contributed by atoms with E-state index in [1.54, 1.807) is 0 Å². The van der Waals surface area contributed by atoms with Crippen LogP contribution in [0.5, 0.6) is 0 Å². The summed E-state index contributed by atoms with van der Waals surface area (Å²) in [5.41, 5.74) is 2.56. The van der Waals surface area contributed by atoms with Gasteiger partial charge in [-0.05, 0) is 31.3 Å². The lowest BCUT2D eigenvalue weighted by molar-refractivity contribution is 0.240. The number of likely N-dealkylation sites (tertiary alicyclic amines) is 1. The third kappa shape index (κ3) is 2.61. The van der Waals surface area contributed by atoms with Crippen molar-refractivity contribution in [2.45, 2.75) is 19.4 Å². The fourth-order valence-corrected chi connectivity index (χ4v) is 3.66. The second-order valence-corrected chi connectivity index (χ2v) is 6.43. The Hall–Kier alpha value is -1.65. The van der Waals surface area contributed by atoms with Gasteiger partial charge in [-0.15, -0.1) is 0 Å². The highest BCUT2D eigenvalue weighted by Gasteiger charge is 2.40. The van der Waals surface area contributed by atoms with E-state index in [9.17, 15) is 0 Å². The summed E-state index contributed by atoms with van der Waals surface area (Å²) < 4.78 is 5.52. The van der Waals surface area contributed by atoms with Gasteiger partial charge in [0.1, 0.15) is 5.69 Å². The molecule has 2 aliphatic heterocycles. The normalized spacial score (nSPS) is 25.9. The highest BCUT2D eigenvalue weighted by molar-refractivity contribution is 5.58. The number of rotatable bonds is 3. The fraction of sp³-hybridized carbons (Fsp3) is 0.471. The molecule has 1 aromatic carbocycles. The van der Waals surface area contributed by atoms with Gasteiger partial charge in [-0.1, -0.05) is 35.5 Å². The molecule has 2 aromatic rings. The zero-order valence-electron chi connectivity index (χ0n) is 12.2. The van der Waals surface area contributed by atoms with Gasteiger partial charge in [0.15, 0.2) is 5.76 Å². The van der Waals surface area contributed by atoms with E-state index >= 15 is 0 Å². The first-order valence-electron chi connectivity index (χ1n) is 7.77. The summed E-state index contributed by atoms with van der Waals surface area (Å²) in [4.78, 5) is 2.50. The Kier molecular flexibility index (Phi) is 3.28. The van der Waals surface area contributed by atoms with Crippen LogP contribution in [0.3, 0.4) is 0 Å². The van der Waals surface area contributed by atoms with E-state index in [2.05, 4.69) is 33.6 Å². The van der Waals surface area contributed by atoms with Gasteiger partial charge in [0.25, 0.3) is 0 Å². The largest absolute Gasteiger partial charge is 0.359 e. The topological polar surface area (TPSA) is 41.3 Å². The smallest absolute Gasteiger partial charge is 0.151 e. The van der Waals surface area contributed by atoms with Crippen LogP contribution >= 0.6 is 0 Å². The lowest BCUT2D eigenvalue weighted by Crippen LogP contribution is -2.28. The molecule has 2 aliphatic rings. The molecule has 4 nitrogen and oxygen atoms in total. The van der Waals surface area contributed by atoms with Crippen LogP contribution in [0.25, 0.3) is 11.3 Å². The van der Waals surface area contributed by atoms with E-state index in [0.717, 1.165) is 23.6 Å². The fourth-order valence-electron chi connectivity index (χ4n) is 3.66. The van der Waals surface area contributed by atoms with Crippen LogP contribution in [-0.2, 0) is 6.54 Å². The van der Waals surface area contributed by atoms with Gasteiger partial charge in [0, 0.05) is 24.7 Å². The van der Waals surface area contributed by atoms with E-state index in [1.807, 2.05) is 18.2 Å². The zero-order chi connectivity index (χ0) is 14.1. The second-order valence-electron chi connectivity index (χ2n) is 6.43. The highest BCUT2D eigenvalue weighted by Crippen LogP contribution is 2.36. The molecule has 2 saturated heterocycles. The molecule has 110 valence electrons. The van der Waals surface area contributed by atoms with Crippen LogP contribution in [0.15, 0.2) is 40.9 Å². The Morgan fingerprint density at radius 2 is 2.14 bits per heavy atom. The summed E-state index contributed by atoms with van der Waals surface area (Å²) >= 11 is 0. The number of hydrogen-bond acceptors (Lipinski definition) is 4. The van der Waals surface area contributed by atoms with E-state index in [0.29, 0.717) is 5.41 Å². The summed E-state index contributed by atoms with van der Waals surface area (Å²) in [6.45, 7) is 5.58. The standard InChI is InChI=1S/C17H21N3O/c1-2-4-14(5-3-1)16-10-15(21-19-16)11-20-9-7-17(13-20)6-8-18-12-17/h1-5,10,18H,6-9,11-13H2. The maximum Gasteiger partial charge on any atom is 0.151 e. The molecule has 1 atom stereocenters. The van der Waals surface area contributed by atoms with Gasteiger partial charge in [-0.2, -0.15) is 0 Å². The summed E-state index contributed by atoms with van der Waals surface area (Å²) in [5, 5.41) is 7.71. The lowest BCUT2D eigenvalue weighted by Gasteiger charge is -2.22. The molecule has 0 amide bonds. The predicted octanol–water partition coefficient (Wildman–Crippen LogP) is 2.53. The Morgan fingerprint density at radius 3 is 2.95 bits per heavy atom. The SMILES string of the molecule is c1ccc(-c2cc(CN3CCC4(CCNC4)C3)on2)cc1. The van der Waals surface area contributed by atoms with Crippen LogP contribution in [0.4, 0.5) is 0 Å². The molecular formula is C17H21N3O. The third-order valence-electron chi connectivity index (χ3n) is 4.86. The van der Waals surface area contributed by atoms with Gasteiger partial charge >= 0.3 is 0 Å². The molecule has 1 spiro atoms. The van der Waals surface area contributed by atoms with Crippen molar-refractivity contribution < 1.29 is 4.52 Å². The van der Waals surface area contributed by atoms with E-state index in [-0.39, 0.29) is 0 Å². The van der Waals surface area contributed by atoms with Crippen molar-refractivity contribution in [2.24, 2.45) is 5.41 Å². The number of benzene rings is 1. The van der Waals surface area contributed by atoms with Crippen LogP contribution in [-0.4, -0.2) is 36.2 Å². The second kappa shape index (κ2) is 5.28. The van der Waals surface area contributed by atoms with E-state index in [4.69, 9.17) is 4.52 Å². The first-order chi connectivity index (χ1) is 10.3. The summed E-state index contributed by atoms with van der Waals surface area (Å²) in [6, 6.07) is 12.3. The van der Waals surface area contributed by atoms with Gasteiger partial charge in [0.2, 0.25) is 0 Å². The molecule has 4 heteroatoms. The molecule has 3 heterocycles. The van der Waals surface area contributed by atoms with Crippen LogP contribution in [0.1, 0.15) is 18.6 Å². The first-order valence-corrected chi connectivity index (χ1v) is 7.77. The number of aromatic nitrogens is 1. The van der Waals surface area contributed by atoms with E-state index < -0.39 is 0 Å². The Labute approximate surface area is 125 Å². The molecule has 1 unspecified atom stereocenters. The minimum Gasteiger partial charge on any atom is -0.359 e. The zero-order valence-corrected chi connectivity index (χ0v) is 12.2. The monoisotopic (exact) mass is 283 g/mol. The van der Waals surface area contributed by atoms with E-state index in [1.165, 1.54) is 39.0 Å². The van der Waals surface area contributed by atoms with Crippen LogP contribution in [0.2, 0.25) is 0 Å². The third-order valence-corrected chi connectivity index (χ3v) is 4.86. The summed E-state index contributed by atoms with van der Waals surface area (Å²) in [6.07, 6.45) is 2.62. The van der Waals surface area contributed by atoms with Gasteiger partial charge in [-0.25, -0.2) is 0 Å². The highest BCUT2D eigenvalue weighted by atomic mass is 16.5. The maximum atomic E-state index is 5.52. The molecule has 1 N–H and O–H groups in total. The first kappa shape index (κ1) is 13.0. The van der Waals surface area contributed by atoms with Gasteiger partial charge < -0.3 is 9.84 Å². The van der Waals surface area contributed by atoms with Crippen molar-refractivity contribution in [1.29, 1.82) is 0 Å². The van der Waals surface area contributed by atoms with Crippen LogP contribution < -0.4 is 5.32 Å². The van der Waals surface area contributed by atoms with Gasteiger partial charge in [-0.3, -0.25) is 4.90 Å². The molecule has 0 aliphatic carbocycles. The molecular weight excluding hydrogens is 262 g/mol. The van der Waals surface area contributed by atoms with Crippen molar-refractivity contribution in [2.75, 3.05) is 26.2 Å². The summed E-state index contributed by atoms with van der Waals surface area (Å²) in [7, 11) is 0. The Balaban J connectivity index is 1.43. The van der Waals surface area contributed by atoms with Crippen molar-refractivity contribution >= 4 is 0 Å². The van der Waals surface area contributed by atoms with Crippen molar-refractivity contribution in [1.82, 2.24) is 15.4 Å². The quantitative estimate of drug-likeness (QED) is 0.940. The molecule has 2 fully saturated rings. The summed E-state index contributed by atoms with van der Waals surface area (Å²) in [5.74, 6) is 0.969. The minimum atomic E-state index is 0.516. The molecule has 0 radical (unpaired) electrons. The average Bonchev–Trinajstić information content (AvgIpc) is 3.24. The van der Waals surface area contributed by atoms with Crippen LogP contribution in [0, 0.1) is 5.41 Å². The molecule has 1 aromatic heterocycles. The number of nitrogens with one attached hydrogen (secondary N) is 1. The minimum absolute atomic E-state index is 0.516. The van der Waals surface area contributed by atoms with Crippen molar-refractivity contribution in [3.05, 3.63) is 42.2 Å².